The Balaban J connectivity index is 1.65. The van der Waals surface area contributed by atoms with E-state index in [0.29, 0.717) is 17.9 Å². The average molecular weight is 408 g/mol. The fraction of sp³-hybridized carbons (Fsp3) is 0.130. The van der Waals surface area contributed by atoms with E-state index in [1.54, 1.807) is 24.3 Å². The number of fused-ring (bicyclic) bond motifs is 3. The summed E-state index contributed by atoms with van der Waals surface area (Å²) in [4.78, 5) is 4.33. The van der Waals surface area contributed by atoms with Crippen LogP contribution in [0.15, 0.2) is 64.1 Å². The maximum absolute atomic E-state index is 13.9. The van der Waals surface area contributed by atoms with Gasteiger partial charge in [-0.25, -0.2) is 4.98 Å². The average Bonchev–Trinajstić information content (AvgIpc) is 3.38. The number of alkyl halides is 3. The molecule has 0 unspecified atom stereocenters. The molecule has 5 rings (SSSR count). The summed E-state index contributed by atoms with van der Waals surface area (Å²) in [6.07, 6.45) is -1.66. The van der Waals surface area contributed by atoms with E-state index in [0.717, 1.165) is 23.1 Å². The monoisotopic (exact) mass is 408 g/mol. The molecule has 0 saturated carbocycles. The van der Waals surface area contributed by atoms with Gasteiger partial charge in [0.25, 0.3) is 0 Å². The van der Waals surface area contributed by atoms with E-state index in [4.69, 9.17) is 8.94 Å². The fourth-order valence-corrected chi connectivity index (χ4v) is 3.74. The Hall–Kier alpha value is -3.61. The lowest BCUT2D eigenvalue weighted by atomic mass is 9.91. The van der Waals surface area contributed by atoms with Crippen molar-refractivity contribution in [2.24, 2.45) is 0 Å². The maximum Gasteiger partial charge on any atom is 0.422 e. The molecule has 0 atom stereocenters. The largest absolute Gasteiger partial charge is 0.434 e. The second-order valence-corrected chi connectivity index (χ2v) is 7.01. The van der Waals surface area contributed by atoms with Gasteiger partial charge < -0.3 is 8.94 Å². The van der Waals surface area contributed by atoms with Crippen molar-refractivity contribution in [2.75, 3.05) is 0 Å². The molecule has 0 aliphatic heterocycles. The van der Waals surface area contributed by atoms with Crippen LogP contribution in [-0.4, -0.2) is 10.1 Å². The number of rotatable bonds is 3. The molecule has 0 N–H and O–H groups in total. The molecule has 1 aliphatic carbocycles. The highest BCUT2D eigenvalue weighted by atomic mass is 19.4. The molecule has 7 heteroatoms. The van der Waals surface area contributed by atoms with Crippen molar-refractivity contribution in [3.8, 4) is 34.2 Å². The van der Waals surface area contributed by atoms with E-state index in [1.807, 2.05) is 18.2 Å². The van der Waals surface area contributed by atoms with Gasteiger partial charge >= 0.3 is 6.18 Å². The number of oxazole rings is 1. The minimum atomic E-state index is -4.69. The van der Waals surface area contributed by atoms with Crippen LogP contribution in [0.2, 0.25) is 0 Å². The zero-order valence-electron chi connectivity index (χ0n) is 15.7. The molecule has 0 amide bonds. The summed E-state index contributed by atoms with van der Waals surface area (Å²) in [6, 6.07) is 13.8. The molecule has 0 bridgehead atoms. The van der Waals surface area contributed by atoms with Gasteiger partial charge in [0.15, 0.2) is 17.2 Å². The lowest BCUT2D eigenvalue weighted by molar-refractivity contribution is -0.136. The molecule has 4 nitrogen and oxygen atoms in total. The molecule has 0 spiro atoms. The molecule has 2 aromatic heterocycles. The van der Waals surface area contributed by atoms with Crippen LogP contribution in [0.4, 0.5) is 13.2 Å². The molecule has 2 aromatic carbocycles. The summed E-state index contributed by atoms with van der Waals surface area (Å²) in [5.41, 5.74) is 2.29. The predicted molar refractivity (Wildman–Crippen MR) is 105 cm³/mol. The van der Waals surface area contributed by atoms with Gasteiger partial charge in [-0.2, -0.15) is 13.2 Å². The van der Waals surface area contributed by atoms with Crippen molar-refractivity contribution in [1.82, 2.24) is 10.1 Å². The number of nitrogens with zero attached hydrogens (tertiary/aromatic N) is 2. The number of hydrogen-bond donors (Lipinski definition) is 0. The van der Waals surface area contributed by atoms with E-state index < -0.39 is 17.4 Å². The summed E-state index contributed by atoms with van der Waals surface area (Å²) in [5.74, 6) is -0.0801. The Morgan fingerprint density at radius 2 is 1.80 bits per heavy atom. The third-order valence-corrected chi connectivity index (χ3v) is 5.15. The molecular formula is C23H15F3N2O2. The number of aryl methyl sites for hydroxylation is 2. The Labute approximate surface area is 169 Å². The summed E-state index contributed by atoms with van der Waals surface area (Å²) in [7, 11) is 0. The van der Waals surface area contributed by atoms with Gasteiger partial charge in [-0.3, -0.25) is 0 Å². The standard InChI is InChI=1S/C23H15F3N2O2/c1-2-13-8-10-16-15(12-13)9-11-17-21(16)29-22(27-17)19-18(23(24,25)26)20(30-28-19)14-6-4-3-5-7-14/h2-8,10,12H,1,9,11H2. The van der Waals surface area contributed by atoms with Crippen LogP contribution < -0.4 is 0 Å². The zero-order valence-corrected chi connectivity index (χ0v) is 15.7. The van der Waals surface area contributed by atoms with Crippen LogP contribution in [0, 0.1) is 0 Å². The van der Waals surface area contributed by atoms with Crippen LogP contribution in [0.1, 0.15) is 22.4 Å². The van der Waals surface area contributed by atoms with Gasteiger partial charge in [0.2, 0.25) is 5.89 Å². The highest BCUT2D eigenvalue weighted by Crippen LogP contribution is 2.44. The van der Waals surface area contributed by atoms with E-state index >= 15 is 0 Å². The van der Waals surface area contributed by atoms with Crippen molar-refractivity contribution in [3.05, 3.63) is 77.5 Å². The number of aromatic nitrogens is 2. The molecule has 1 aliphatic rings. The summed E-state index contributed by atoms with van der Waals surface area (Å²) >= 11 is 0. The number of hydrogen-bond acceptors (Lipinski definition) is 4. The quantitative estimate of drug-likeness (QED) is 0.392. The Morgan fingerprint density at radius 1 is 1.00 bits per heavy atom. The summed E-state index contributed by atoms with van der Waals surface area (Å²) in [6.45, 7) is 3.77. The van der Waals surface area contributed by atoms with Crippen molar-refractivity contribution >= 4 is 6.08 Å². The molecule has 150 valence electrons. The van der Waals surface area contributed by atoms with E-state index in [-0.39, 0.29) is 17.2 Å². The first-order valence-electron chi connectivity index (χ1n) is 9.34. The first-order valence-corrected chi connectivity index (χ1v) is 9.34. The molecule has 30 heavy (non-hydrogen) atoms. The Bertz CT molecular complexity index is 1250. The molecule has 0 fully saturated rings. The van der Waals surface area contributed by atoms with Crippen LogP contribution >= 0.6 is 0 Å². The molecular weight excluding hydrogens is 393 g/mol. The Morgan fingerprint density at radius 3 is 2.53 bits per heavy atom. The minimum absolute atomic E-state index is 0.195. The van der Waals surface area contributed by atoms with Gasteiger partial charge in [-0.15, -0.1) is 0 Å². The third-order valence-electron chi connectivity index (χ3n) is 5.15. The number of benzene rings is 2. The smallest absolute Gasteiger partial charge is 0.422 e. The second-order valence-electron chi connectivity index (χ2n) is 7.01. The minimum Gasteiger partial charge on any atom is -0.434 e. The molecule has 0 saturated heterocycles. The van der Waals surface area contributed by atoms with E-state index in [1.165, 1.54) is 12.1 Å². The summed E-state index contributed by atoms with van der Waals surface area (Å²) < 4.78 is 52.8. The van der Waals surface area contributed by atoms with Crippen molar-refractivity contribution in [1.29, 1.82) is 0 Å². The highest BCUT2D eigenvalue weighted by molar-refractivity contribution is 5.74. The van der Waals surface area contributed by atoms with Crippen molar-refractivity contribution in [3.63, 3.8) is 0 Å². The second kappa shape index (κ2) is 6.73. The predicted octanol–water partition coefficient (Wildman–Crippen LogP) is 6.42. The topological polar surface area (TPSA) is 52.1 Å². The third kappa shape index (κ3) is 2.94. The molecule has 4 aromatic rings. The zero-order chi connectivity index (χ0) is 20.9. The van der Waals surface area contributed by atoms with E-state index in [2.05, 4.69) is 16.7 Å². The maximum atomic E-state index is 13.9. The lowest BCUT2D eigenvalue weighted by Crippen LogP contribution is -2.07. The highest BCUT2D eigenvalue weighted by Gasteiger charge is 2.43. The van der Waals surface area contributed by atoms with Crippen LogP contribution in [0.3, 0.4) is 0 Å². The van der Waals surface area contributed by atoms with Crippen LogP contribution in [-0.2, 0) is 19.0 Å². The Kier molecular flexibility index (Phi) is 4.13. The van der Waals surface area contributed by atoms with Gasteiger partial charge in [0.05, 0.1) is 5.69 Å². The summed E-state index contributed by atoms with van der Waals surface area (Å²) in [5, 5.41) is 3.69. The van der Waals surface area contributed by atoms with Gasteiger partial charge in [-0.05, 0) is 24.0 Å². The molecule has 2 heterocycles. The van der Waals surface area contributed by atoms with E-state index in [9.17, 15) is 13.2 Å². The van der Waals surface area contributed by atoms with Crippen LogP contribution in [0.25, 0.3) is 40.3 Å². The number of halogens is 3. The lowest BCUT2D eigenvalue weighted by Gasteiger charge is -2.14. The van der Waals surface area contributed by atoms with Gasteiger partial charge in [0, 0.05) is 11.1 Å². The van der Waals surface area contributed by atoms with Crippen LogP contribution in [0.5, 0.6) is 0 Å². The normalized spacial score (nSPS) is 13.0. The van der Waals surface area contributed by atoms with Gasteiger partial charge in [-0.1, -0.05) is 66.3 Å². The van der Waals surface area contributed by atoms with Crippen molar-refractivity contribution < 1.29 is 22.1 Å². The fourth-order valence-electron chi connectivity index (χ4n) is 3.74. The SMILES string of the molecule is C=Cc1ccc2c(c1)CCc1nc(-c3noc(-c4ccccc4)c3C(F)(F)F)oc1-2. The first kappa shape index (κ1) is 18.4. The first-order chi connectivity index (χ1) is 14.5. The van der Waals surface area contributed by atoms with Crippen molar-refractivity contribution in [2.45, 2.75) is 19.0 Å². The molecule has 0 radical (unpaired) electrons. The van der Waals surface area contributed by atoms with Gasteiger partial charge in [0.1, 0.15) is 5.56 Å².